The van der Waals surface area contributed by atoms with Crippen LogP contribution in [-0.4, -0.2) is 39.7 Å². The topological polar surface area (TPSA) is 90.1 Å². The molecule has 0 amide bonds. The Bertz CT molecular complexity index is 2040. The molecule has 41 heavy (non-hydrogen) atoms. The molecule has 1 N–H and O–H groups in total. The lowest BCUT2D eigenvalue weighted by Gasteiger charge is -2.13. The largest absolute Gasteiger partial charge is 0.317 e. The molecular formula is C32H27FN8. The minimum Gasteiger partial charge on any atom is -0.317 e. The molecule has 202 valence electrons. The fourth-order valence-corrected chi connectivity index (χ4v) is 5.59. The van der Waals surface area contributed by atoms with Gasteiger partial charge in [0.2, 0.25) is 5.82 Å². The van der Waals surface area contributed by atoms with Crippen LogP contribution >= 0.6 is 0 Å². The van der Waals surface area contributed by atoms with E-state index in [-0.39, 0.29) is 5.82 Å². The number of halogens is 1. The second kappa shape index (κ2) is 9.78. The zero-order valence-electron chi connectivity index (χ0n) is 22.9. The summed E-state index contributed by atoms with van der Waals surface area (Å²) in [4.78, 5) is 9.71. The van der Waals surface area contributed by atoms with Crippen molar-refractivity contribution in [2.24, 2.45) is 0 Å². The molecule has 0 fully saturated rings. The minimum atomic E-state index is -0.251. The van der Waals surface area contributed by atoms with Gasteiger partial charge in [-0.25, -0.2) is 14.4 Å². The van der Waals surface area contributed by atoms with Crippen LogP contribution in [0.4, 0.5) is 4.39 Å². The Balaban J connectivity index is 1.29. The average Bonchev–Trinajstić information content (AvgIpc) is 3.73. The Hall–Kier alpha value is -5.18. The maximum absolute atomic E-state index is 13.8. The van der Waals surface area contributed by atoms with Crippen LogP contribution in [0, 0.1) is 19.7 Å². The van der Waals surface area contributed by atoms with Gasteiger partial charge in [0.05, 0.1) is 12.1 Å². The molecule has 0 spiro atoms. The highest BCUT2D eigenvalue weighted by molar-refractivity contribution is 5.85. The third-order valence-corrected chi connectivity index (χ3v) is 7.54. The molecule has 0 atom stereocenters. The molecule has 0 saturated heterocycles. The number of nitrogens with one attached hydrogen (secondary N) is 1. The lowest BCUT2D eigenvalue weighted by Crippen LogP contribution is -2.05. The second-order valence-electron chi connectivity index (χ2n) is 10.3. The molecule has 9 heteroatoms. The van der Waals surface area contributed by atoms with Gasteiger partial charge in [-0.1, -0.05) is 31.2 Å². The van der Waals surface area contributed by atoms with E-state index in [9.17, 15) is 4.39 Å². The lowest BCUT2D eigenvalue weighted by molar-refractivity contribution is 0.629. The van der Waals surface area contributed by atoms with Crippen molar-refractivity contribution in [3.63, 3.8) is 0 Å². The van der Waals surface area contributed by atoms with E-state index >= 15 is 0 Å². The summed E-state index contributed by atoms with van der Waals surface area (Å²) in [5, 5.41) is 15.7. The summed E-state index contributed by atoms with van der Waals surface area (Å²) in [6, 6.07) is 23.5. The van der Waals surface area contributed by atoms with Crippen LogP contribution in [0.1, 0.15) is 29.6 Å². The van der Waals surface area contributed by atoms with Crippen molar-refractivity contribution >= 4 is 22.1 Å². The van der Waals surface area contributed by atoms with Gasteiger partial charge in [-0.2, -0.15) is 5.21 Å². The fourth-order valence-electron chi connectivity index (χ4n) is 5.59. The van der Waals surface area contributed by atoms with Crippen LogP contribution < -0.4 is 0 Å². The number of aromatic amines is 1. The third kappa shape index (κ3) is 4.35. The number of tetrazole rings is 1. The summed E-state index contributed by atoms with van der Waals surface area (Å²) in [6.07, 6.45) is 2.78. The lowest BCUT2D eigenvalue weighted by atomic mass is 9.97. The number of pyridine rings is 1. The molecule has 4 heterocycles. The van der Waals surface area contributed by atoms with E-state index in [0.29, 0.717) is 12.4 Å². The number of hydrogen-bond acceptors (Lipinski definition) is 5. The van der Waals surface area contributed by atoms with Crippen molar-refractivity contribution < 1.29 is 4.39 Å². The quantitative estimate of drug-likeness (QED) is 0.256. The maximum atomic E-state index is 13.8. The Labute approximate surface area is 235 Å². The Morgan fingerprint density at radius 2 is 1.73 bits per heavy atom. The fraction of sp³-hybridized carbons (Fsp3) is 0.156. The molecule has 0 aliphatic heterocycles. The first kappa shape index (κ1) is 24.8. The monoisotopic (exact) mass is 542 g/mol. The van der Waals surface area contributed by atoms with E-state index in [1.165, 1.54) is 6.07 Å². The van der Waals surface area contributed by atoms with Crippen LogP contribution in [0.2, 0.25) is 0 Å². The van der Waals surface area contributed by atoms with Gasteiger partial charge in [-0.3, -0.25) is 0 Å². The number of fused-ring (bicyclic) bond motifs is 2. The summed E-state index contributed by atoms with van der Waals surface area (Å²) in [7, 11) is 0. The molecule has 0 radical (unpaired) electrons. The van der Waals surface area contributed by atoms with E-state index in [0.717, 1.165) is 73.5 Å². The predicted molar refractivity (Wildman–Crippen MR) is 157 cm³/mol. The van der Waals surface area contributed by atoms with Gasteiger partial charge in [-0.05, 0) is 89.8 Å². The van der Waals surface area contributed by atoms with Crippen molar-refractivity contribution in [2.75, 3.05) is 0 Å². The molecule has 0 bridgehead atoms. The Morgan fingerprint density at radius 3 is 2.51 bits per heavy atom. The van der Waals surface area contributed by atoms with Crippen molar-refractivity contribution in [2.45, 2.75) is 33.7 Å². The third-order valence-electron chi connectivity index (χ3n) is 7.54. The van der Waals surface area contributed by atoms with Gasteiger partial charge < -0.3 is 9.13 Å². The summed E-state index contributed by atoms with van der Waals surface area (Å²) in [5.41, 5.74) is 9.91. The smallest absolute Gasteiger partial charge is 0.205 e. The first-order chi connectivity index (χ1) is 20.0. The SMILES string of the molecule is CCc1nc2c(C)cc(C)nc2n1Cc1ccc(-c2cc(-n3ccc4cc(F)ccc43)ccc2-c2nn[nH]n2)cc1. The molecular weight excluding hydrogens is 515 g/mol. The summed E-state index contributed by atoms with van der Waals surface area (Å²) >= 11 is 0. The number of aryl methyl sites for hydroxylation is 3. The molecule has 0 saturated carbocycles. The normalized spacial score (nSPS) is 11.6. The van der Waals surface area contributed by atoms with Gasteiger partial charge >= 0.3 is 0 Å². The van der Waals surface area contributed by atoms with Crippen LogP contribution in [0.5, 0.6) is 0 Å². The highest BCUT2D eigenvalue weighted by Gasteiger charge is 2.16. The number of H-pyrrole nitrogens is 1. The number of aromatic nitrogens is 8. The first-order valence-corrected chi connectivity index (χ1v) is 13.6. The van der Waals surface area contributed by atoms with E-state index in [2.05, 4.69) is 80.0 Å². The van der Waals surface area contributed by atoms with Crippen LogP contribution in [0.3, 0.4) is 0 Å². The maximum Gasteiger partial charge on any atom is 0.205 e. The average molecular weight is 543 g/mol. The van der Waals surface area contributed by atoms with Crippen molar-refractivity contribution in [1.29, 1.82) is 0 Å². The van der Waals surface area contributed by atoms with E-state index in [1.54, 1.807) is 12.1 Å². The standard InChI is InChI=1S/C32H27FN8/c1-4-29-35-30-19(2)15-20(3)34-32(30)41(29)18-21-5-7-22(8-6-21)27-17-25(10-11-26(27)31-36-38-39-37-31)40-14-13-23-16-24(33)9-12-28(23)40/h5-17H,4,18H2,1-3H3,(H,36,37,38,39). The van der Waals surface area contributed by atoms with E-state index in [1.807, 2.05) is 31.3 Å². The van der Waals surface area contributed by atoms with Gasteiger partial charge in [-0.15, -0.1) is 10.2 Å². The predicted octanol–water partition coefficient (Wildman–Crippen LogP) is 6.59. The second-order valence-corrected chi connectivity index (χ2v) is 10.3. The van der Waals surface area contributed by atoms with Crippen molar-refractivity contribution in [3.8, 4) is 28.2 Å². The van der Waals surface area contributed by atoms with Gasteiger partial charge in [0.25, 0.3) is 0 Å². The molecule has 4 aromatic heterocycles. The number of imidazole rings is 1. The van der Waals surface area contributed by atoms with Gasteiger partial charge in [0, 0.05) is 34.9 Å². The highest BCUT2D eigenvalue weighted by atomic mass is 19.1. The van der Waals surface area contributed by atoms with Crippen LogP contribution in [0.15, 0.2) is 79.0 Å². The number of nitrogens with zero attached hydrogens (tertiary/aromatic N) is 7. The summed E-state index contributed by atoms with van der Waals surface area (Å²) in [5.74, 6) is 1.29. The Kier molecular flexibility index (Phi) is 5.92. The van der Waals surface area contributed by atoms with Crippen molar-refractivity contribution in [3.05, 3.63) is 107 Å². The number of rotatable bonds is 6. The van der Waals surface area contributed by atoms with Gasteiger partial charge in [0.15, 0.2) is 5.65 Å². The Morgan fingerprint density at radius 1 is 0.878 bits per heavy atom. The van der Waals surface area contributed by atoms with Gasteiger partial charge in [0.1, 0.15) is 17.2 Å². The van der Waals surface area contributed by atoms with Crippen LogP contribution in [0.25, 0.3) is 50.3 Å². The molecule has 0 aliphatic carbocycles. The summed E-state index contributed by atoms with van der Waals surface area (Å²) < 4.78 is 18.1. The minimum absolute atomic E-state index is 0.251. The van der Waals surface area contributed by atoms with Crippen LogP contribution in [-0.2, 0) is 13.0 Å². The molecule has 7 aromatic rings. The van der Waals surface area contributed by atoms with E-state index in [4.69, 9.17) is 9.97 Å². The molecule has 3 aromatic carbocycles. The molecule has 0 aliphatic rings. The highest BCUT2D eigenvalue weighted by Crippen LogP contribution is 2.34. The zero-order chi connectivity index (χ0) is 28.1. The zero-order valence-corrected chi connectivity index (χ0v) is 22.9. The molecule has 0 unspecified atom stereocenters. The van der Waals surface area contributed by atoms with Crippen molar-refractivity contribution in [1.82, 2.24) is 39.7 Å². The molecule has 8 nitrogen and oxygen atoms in total. The molecule has 7 rings (SSSR count). The number of hydrogen-bond donors (Lipinski definition) is 1. The number of benzene rings is 3. The first-order valence-electron chi connectivity index (χ1n) is 13.6. The summed E-state index contributed by atoms with van der Waals surface area (Å²) in [6.45, 7) is 6.92. The van der Waals surface area contributed by atoms with E-state index < -0.39 is 0 Å².